The van der Waals surface area contributed by atoms with Crippen molar-refractivity contribution >= 4 is 17.8 Å². The van der Waals surface area contributed by atoms with E-state index >= 15 is 0 Å². The number of aliphatic carboxylic acids is 2. The lowest BCUT2D eigenvalue weighted by atomic mass is 9.97. The van der Waals surface area contributed by atoms with Gasteiger partial charge in [-0.05, 0) is 18.8 Å². The predicted octanol–water partition coefficient (Wildman–Crippen LogP) is -1.55. The third-order valence-electron chi connectivity index (χ3n) is 3.58. The lowest BCUT2D eigenvalue weighted by molar-refractivity contribution is -0.165. The van der Waals surface area contributed by atoms with Gasteiger partial charge in [-0.2, -0.15) is 0 Å². The van der Waals surface area contributed by atoms with E-state index in [9.17, 15) is 14.4 Å². The van der Waals surface area contributed by atoms with E-state index in [0.29, 0.717) is 12.5 Å². The molecular formula is C12H20N2O7. The van der Waals surface area contributed by atoms with E-state index in [0.717, 1.165) is 5.92 Å². The smallest absolute Gasteiger partial charge is 0.335 e. The van der Waals surface area contributed by atoms with E-state index in [-0.39, 0.29) is 5.91 Å². The molecule has 0 aromatic heterocycles. The number of hydrogen-bond donors (Lipinski definition) is 6. The Bertz CT molecular complexity index is 377. The summed E-state index contributed by atoms with van der Waals surface area (Å²) in [6.07, 6.45) is 1.44. The minimum Gasteiger partial charge on any atom is -0.479 e. The zero-order valence-corrected chi connectivity index (χ0v) is 11.4. The van der Waals surface area contributed by atoms with Crippen molar-refractivity contribution in [2.45, 2.75) is 50.4 Å². The van der Waals surface area contributed by atoms with Crippen molar-refractivity contribution in [2.24, 2.45) is 5.92 Å². The van der Waals surface area contributed by atoms with Crippen molar-refractivity contribution < 1.29 is 34.8 Å². The van der Waals surface area contributed by atoms with Crippen LogP contribution >= 0.6 is 0 Å². The minimum atomic E-state index is -2.27. The van der Waals surface area contributed by atoms with Crippen LogP contribution in [0.25, 0.3) is 0 Å². The largest absolute Gasteiger partial charge is 0.479 e. The maximum absolute atomic E-state index is 10.8. The van der Waals surface area contributed by atoms with Crippen molar-refractivity contribution in [3.05, 3.63) is 0 Å². The highest BCUT2D eigenvalue weighted by Gasteiger charge is 2.30. The summed E-state index contributed by atoms with van der Waals surface area (Å²) in [7, 11) is 0. The molecule has 0 radical (unpaired) electrons. The molecule has 9 heteroatoms. The van der Waals surface area contributed by atoms with Crippen molar-refractivity contribution in [3.8, 4) is 0 Å². The molecule has 3 atom stereocenters. The van der Waals surface area contributed by atoms with Crippen molar-refractivity contribution in [1.29, 1.82) is 0 Å². The lowest BCUT2D eigenvalue weighted by Crippen LogP contribution is -2.39. The van der Waals surface area contributed by atoms with Gasteiger partial charge < -0.3 is 20.4 Å². The van der Waals surface area contributed by atoms with Gasteiger partial charge >= 0.3 is 11.9 Å². The first-order chi connectivity index (χ1) is 9.82. The van der Waals surface area contributed by atoms with Crippen LogP contribution in [0.2, 0.25) is 0 Å². The zero-order chi connectivity index (χ0) is 16.0. The second kappa shape index (κ2) is 7.91. The molecular weight excluding hydrogens is 284 g/mol. The number of aliphatic hydroxyl groups is 2. The van der Waals surface area contributed by atoms with Crippen LogP contribution < -0.4 is 10.9 Å². The molecule has 21 heavy (non-hydrogen) atoms. The summed E-state index contributed by atoms with van der Waals surface area (Å²) in [4.78, 5) is 30.4. The van der Waals surface area contributed by atoms with Crippen LogP contribution in [-0.2, 0) is 14.4 Å². The SMILES string of the molecule is O=C(O)[C@@H](O)[C@H](O)C(=O)O.O=C1C[C@H](C2CCCC2)NN1. The molecule has 1 aliphatic carbocycles. The molecule has 1 heterocycles. The molecule has 0 bridgehead atoms. The second-order valence-electron chi connectivity index (χ2n) is 5.11. The highest BCUT2D eigenvalue weighted by molar-refractivity contribution is 5.83. The highest BCUT2D eigenvalue weighted by Crippen LogP contribution is 2.29. The lowest BCUT2D eigenvalue weighted by Gasteiger charge is -2.15. The first kappa shape index (κ1) is 17.3. The van der Waals surface area contributed by atoms with Gasteiger partial charge in [-0.3, -0.25) is 10.2 Å². The Morgan fingerprint density at radius 1 is 1.05 bits per heavy atom. The standard InChI is InChI=1S/C8H14N2O.C4H6O6/c11-8-5-7(9-10-8)6-3-1-2-4-6;5-1(3(7)8)2(6)4(9)10/h6-7,9H,1-5H2,(H,10,11);1-2,5-6H,(H,7,8)(H,9,10)/t7-;1-,2-/m10/s1. The fourth-order valence-corrected chi connectivity index (χ4v) is 2.39. The molecule has 0 aromatic rings. The summed E-state index contributed by atoms with van der Waals surface area (Å²) in [6, 6.07) is 0.421. The van der Waals surface area contributed by atoms with Gasteiger partial charge in [0.05, 0.1) is 0 Å². The fraction of sp³-hybridized carbons (Fsp3) is 0.750. The van der Waals surface area contributed by atoms with E-state index < -0.39 is 24.1 Å². The Morgan fingerprint density at radius 3 is 1.86 bits per heavy atom. The third kappa shape index (κ3) is 5.29. The van der Waals surface area contributed by atoms with Crippen LogP contribution in [0.4, 0.5) is 0 Å². The van der Waals surface area contributed by atoms with Crippen LogP contribution in [-0.4, -0.2) is 56.5 Å². The van der Waals surface area contributed by atoms with Gasteiger partial charge in [0, 0.05) is 12.5 Å². The van der Waals surface area contributed by atoms with Crippen LogP contribution in [0.15, 0.2) is 0 Å². The molecule has 2 fully saturated rings. The number of carboxylic acid groups (broad SMARTS) is 2. The van der Waals surface area contributed by atoms with E-state index in [1.807, 2.05) is 0 Å². The number of hydrazine groups is 1. The maximum Gasteiger partial charge on any atom is 0.335 e. The molecule has 1 saturated heterocycles. The quantitative estimate of drug-likeness (QED) is 0.364. The molecule has 0 spiro atoms. The number of amides is 1. The van der Waals surface area contributed by atoms with Gasteiger partial charge in [-0.1, -0.05) is 12.8 Å². The van der Waals surface area contributed by atoms with Gasteiger partial charge in [0.25, 0.3) is 0 Å². The summed E-state index contributed by atoms with van der Waals surface area (Å²) in [5.41, 5.74) is 5.71. The van der Waals surface area contributed by atoms with Gasteiger partial charge in [-0.15, -0.1) is 0 Å². The Morgan fingerprint density at radius 2 is 1.52 bits per heavy atom. The fourth-order valence-electron chi connectivity index (χ4n) is 2.39. The molecule has 6 N–H and O–H groups in total. The number of rotatable bonds is 4. The Labute approximate surface area is 120 Å². The minimum absolute atomic E-state index is 0.155. The van der Waals surface area contributed by atoms with Gasteiger partial charge in [0.2, 0.25) is 5.91 Å². The number of carbonyl (C=O) groups excluding carboxylic acids is 1. The van der Waals surface area contributed by atoms with Crippen molar-refractivity contribution in [1.82, 2.24) is 10.9 Å². The topological polar surface area (TPSA) is 156 Å². The van der Waals surface area contributed by atoms with Gasteiger partial charge in [0.1, 0.15) is 0 Å². The van der Waals surface area contributed by atoms with Gasteiger partial charge in [-0.25, -0.2) is 15.0 Å². The summed E-state index contributed by atoms with van der Waals surface area (Å²) < 4.78 is 0. The van der Waals surface area contributed by atoms with Gasteiger partial charge in [0.15, 0.2) is 12.2 Å². The first-order valence-electron chi connectivity index (χ1n) is 6.69. The summed E-state index contributed by atoms with van der Waals surface area (Å²) >= 11 is 0. The number of nitrogens with one attached hydrogen (secondary N) is 2. The molecule has 2 rings (SSSR count). The average Bonchev–Trinajstić information content (AvgIpc) is 3.08. The first-order valence-corrected chi connectivity index (χ1v) is 6.69. The Kier molecular flexibility index (Phi) is 6.53. The van der Waals surface area contributed by atoms with Crippen LogP contribution in [0, 0.1) is 5.92 Å². The number of aliphatic hydroxyl groups excluding tert-OH is 2. The summed E-state index contributed by atoms with van der Waals surface area (Å²) in [5, 5.41) is 32.5. The van der Waals surface area contributed by atoms with E-state index in [2.05, 4.69) is 10.9 Å². The van der Waals surface area contributed by atoms with E-state index in [4.69, 9.17) is 20.4 Å². The Balaban J connectivity index is 0.000000212. The molecule has 2 aliphatic rings. The van der Waals surface area contributed by atoms with Crippen LogP contribution in [0.3, 0.4) is 0 Å². The number of carbonyl (C=O) groups is 3. The zero-order valence-electron chi connectivity index (χ0n) is 11.4. The number of hydrogen-bond acceptors (Lipinski definition) is 6. The van der Waals surface area contributed by atoms with Crippen molar-refractivity contribution in [2.75, 3.05) is 0 Å². The van der Waals surface area contributed by atoms with E-state index in [1.54, 1.807) is 0 Å². The maximum atomic E-state index is 10.8. The predicted molar refractivity (Wildman–Crippen MR) is 68.9 cm³/mol. The third-order valence-corrected chi connectivity index (χ3v) is 3.58. The van der Waals surface area contributed by atoms with E-state index in [1.165, 1.54) is 25.7 Å². The molecule has 0 aromatic carbocycles. The molecule has 9 nitrogen and oxygen atoms in total. The molecule has 0 unspecified atom stereocenters. The summed E-state index contributed by atoms with van der Waals surface area (Å²) in [5.74, 6) is -2.64. The average molecular weight is 304 g/mol. The highest BCUT2D eigenvalue weighted by atomic mass is 16.4. The summed E-state index contributed by atoms with van der Waals surface area (Å²) in [6.45, 7) is 0. The monoisotopic (exact) mass is 304 g/mol. The van der Waals surface area contributed by atoms with Crippen molar-refractivity contribution in [3.63, 3.8) is 0 Å². The molecule has 1 aliphatic heterocycles. The Hall–Kier alpha value is -1.71. The molecule has 1 saturated carbocycles. The normalized spacial score (nSPS) is 24.7. The molecule has 1 amide bonds. The second-order valence-corrected chi connectivity index (χ2v) is 5.11. The molecule has 120 valence electrons. The van der Waals surface area contributed by atoms with Crippen LogP contribution in [0.1, 0.15) is 32.1 Å². The number of carboxylic acids is 2. The van der Waals surface area contributed by atoms with Crippen LogP contribution in [0.5, 0.6) is 0 Å².